The number of nitrogens with two attached hydrogens (primary N) is 1. The van der Waals surface area contributed by atoms with E-state index in [0.29, 0.717) is 24.1 Å². The first kappa shape index (κ1) is 15.2. The molecule has 2 N–H and O–H groups in total. The van der Waals surface area contributed by atoms with Crippen molar-refractivity contribution in [3.8, 4) is 0 Å². The van der Waals surface area contributed by atoms with Gasteiger partial charge in [0.2, 0.25) is 0 Å². The molecule has 0 fully saturated rings. The van der Waals surface area contributed by atoms with E-state index in [-0.39, 0.29) is 18.3 Å². The molecule has 0 aliphatic carbocycles. The Morgan fingerprint density at radius 3 is 2.38 bits per heavy atom. The summed E-state index contributed by atoms with van der Waals surface area (Å²) in [5.74, 6) is -0.422. The molecule has 0 atom stereocenters. The summed E-state index contributed by atoms with van der Waals surface area (Å²) in [5.41, 5.74) is 7.63. The van der Waals surface area contributed by atoms with Crippen molar-refractivity contribution in [2.75, 3.05) is 13.6 Å². The minimum atomic E-state index is -0.299. The van der Waals surface area contributed by atoms with Crippen LogP contribution >= 0.6 is 0 Å². The van der Waals surface area contributed by atoms with Gasteiger partial charge in [0.05, 0.1) is 0 Å². The summed E-state index contributed by atoms with van der Waals surface area (Å²) < 4.78 is 13.7. The van der Waals surface area contributed by atoms with Gasteiger partial charge < -0.3 is 10.6 Å². The molecule has 0 aromatic heterocycles. The minimum Gasteiger partial charge on any atom is -0.337 e. The largest absolute Gasteiger partial charge is 0.337 e. The summed E-state index contributed by atoms with van der Waals surface area (Å²) in [4.78, 5) is 14.0. The van der Waals surface area contributed by atoms with Crippen LogP contribution in [0.3, 0.4) is 0 Å². The maximum atomic E-state index is 13.7. The van der Waals surface area contributed by atoms with Crippen molar-refractivity contribution in [3.05, 3.63) is 71.0 Å². The van der Waals surface area contributed by atoms with E-state index in [9.17, 15) is 9.18 Å². The molecule has 0 heterocycles. The third kappa shape index (κ3) is 3.67. The normalized spacial score (nSPS) is 10.4. The molecule has 3 nitrogen and oxygen atoms in total. The van der Waals surface area contributed by atoms with Crippen molar-refractivity contribution in [1.82, 2.24) is 4.90 Å². The number of benzene rings is 2. The highest BCUT2D eigenvalue weighted by Crippen LogP contribution is 2.15. The SMILES string of the molecule is CN(Cc1ccccc1F)C(=O)c1ccccc1CCN. The lowest BCUT2D eigenvalue weighted by Crippen LogP contribution is -2.27. The van der Waals surface area contributed by atoms with Gasteiger partial charge in [-0.3, -0.25) is 4.79 Å². The third-order valence-corrected chi connectivity index (χ3v) is 3.37. The zero-order chi connectivity index (χ0) is 15.2. The van der Waals surface area contributed by atoms with Crippen LogP contribution in [-0.4, -0.2) is 24.4 Å². The summed E-state index contributed by atoms with van der Waals surface area (Å²) in [5, 5.41) is 0. The number of amides is 1. The number of hydrogen-bond donors (Lipinski definition) is 1. The average Bonchev–Trinajstić information content (AvgIpc) is 2.50. The van der Waals surface area contributed by atoms with Gasteiger partial charge in [0, 0.05) is 24.7 Å². The van der Waals surface area contributed by atoms with Gasteiger partial charge in [-0.05, 0) is 30.7 Å². The summed E-state index contributed by atoms with van der Waals surface area (Å²) >= 11 is 0. The van der Waals surface area contributed by atoms with E-state index in [1.807, 2.05) is 18.2 Å². The predicted molar refractivity (Wildman–Crippen MR) is 81.4 cm³/mol. The van der Waals surface area contributed by atoms with Crippen LogP contribution in [0.2, 0.25) is 0 Å². The Labute approximate surface area is 124 Å². The number of carbonyl (C=O) groups excluding carboxylic acids is 1. The van der Waals surface area contributed by atoms with Gasteiger partial charge in [0.1, 0.15) is 5.82 Å². The first-order chi connectivity index (χ1) is 10.1. The smallest absolute Gasteiger partial charge is 0.254 e. The van der Waals surface area contributed by atoms with Crippen LogP contribution in [0.4, 0.5) is 4.39 Å². The molecule has 0 aliphatic heterocycles. The first-order valence-corrected chi connectivity index (χ1v) is 6.90. The van der Waals surface area contributed by atoms with Gasteiger partial charge in [-0.1, -0.05) is 36.4 Å². The summed E-state index contributed by atoms with van der Waals surface area (Å²) in [6.07, 6.45) is 0.648. The van der Waals surface area contributed by atoms with E-state index in [1.165, 1.54) is 11.0 Å². The highest BCUT2D eigenvalue weighted by Gasteiger charge is 2.16. The summed E-state index contributed by atoms with van der Waals surface area (Å²) in [7, 11) is 1.67. The van der Waals surface area contributed by atoms with Crippen LogP contribution in [0, 0.1) is 5.82 Å². The van der Waals surface area contributed by atoms with Crippen LogP contribution in [0.15, 0.2) is 48.5 Å². The highest BCUT2D eigenvalue weighted by atomic mass is 19.1. The quantitative estimate of drug-likeness (QED) is 0.918. The molecule has 0 unspecified atom stereocenters. The number of nitrogens with zero attached hydrogens (tertiary/aromatic N) is 1. The Kier molecular flexibility index (Phi) is 5.06. The second-order valence-corrected chi connectivity index (χ2v) is 4.95. The lowest BCUT2D eigenvalue weighted by Gasteiger charge is -2.19. The van der Waals surface area contributed by atoms with Crippen molar-refractivity contribution in [2.45, 2.75) is 13.0 Å². The maximum absolute atomic E-state index is 13.7. The number of carbonyl (C=O) groups is 1. The van der Waals surface area contributed by atoms with Crippen molar-refractivity contribution in [1.29, 1.82) is 0 Å². The van der Waals surface area contributed by atoms with Gasteiger partial charge in [0.25, 0.3) is 5.91 Å². The maximum Gasteiger partial charge on any atom is 0.254 e. The molecule has 2 rings (SSSR count). The molecule has 4 heteroatoms. The molecular weight excluding hydrogens is 267 g/mol. The number of halogens is 1. The van der Waals surface area contributed by atoms with E-state index in [1.54, 1.807) is 31.3 Å². The van der Waals surface area contributed by atoms with Crippen LogP contribution in [-0.2, 0) is 13.0 Å². The predicted octanol–water partition coefficient (Wildman–Crippen LogP) is 2.60. The van der Waals surface area contributed by atoms with E-state index >= 15 is 0 Å². The van der Waals surface area contributed by atoms with Crippen LogP contribution in [0.5, 0.6) is 0 Å². The molecule has 0 saturated heterocycles. The first-order valence-electron chi connectivity index (χ1n) is 6.90. The Morgan fingerprint density at radius 2 is 1.71 bits per heavy atom. The molecule has 2 aromatic carbocycles. The summed E-state index contributed by atoms with van der Waals surface area (Å²) in [6.45, 7) is 0.726. The molecule has 21 heavy (non-hydrogen) atoms. The molecule has 0 saturated carbocycles. The van der Waals surface area contributed by atoms with Crippen molar-refractivity contribution in [2.24, 2.45) is 5.73 Å². The average molecular weight is 286 g/mol. The second kappa shape index (κ2) is 6.99. The zero-order valence-corrected chi connectivity index (χ0v) is 12.1. The van der Waals surface area contributed by atoms with E-state index in [0.717, 1.165) is 5.56 Å². The monoisotopic (exact) mass is 286 g/mol. The Morgan fingerprint density at radius 1 is 1.10 bits per heavy atom. The fraction of sp³-hybridized carbons (Fsp3) is 0.235. The molecule has 0 radical (unpaired) electrons. The van der Waals surface area contributed by atoms with Crippen LogP contribution < -0.4 is 5.73 Å². The fourth-order valence-electron chi connectivity index (χ4n) is 2.26. The van der Waals surface area contributed by atoms with Crippen LogP contribution in [0.1, 0.15) is 21.5 Å². The van der Waals surface area contributed by atoms with E-state index < -0.39 is 0 Å². The molecular formula is C17H19FN2O. The lowest BCUT2D eigenvalue weighted by atomic mass is 10.0. The molecule has 0 bridgehead atoms. The third-order valence-electron chi connectivity index (χ3n) is 3.37. The molecule has 0 spiro atoms. The zero-order valence-electron chi connectivity index (χ0n) is 12.1. The fourth-order valence-corrected chi connectivity index (χ4v) is 2.26. The van der Waals surface area contributed by atoms with Gasteiger partial charge >= 0.3 is 0 Å². The molecule has 1 amide bonds. The van der Waals surface area contributed by atoms with E-state index in [2.05, 4.69) is 0 Å². The number of hydrogen-bond acceptors (Lipinski definition) is 2. The highest BCUT2D eigenvalue weighted by molar-refractivity contribution is 5.95. The Balaban J connectivity index is 2.18. The van der Waals surface area contributed by atoms with Crippen molar-refractivity contribution < 1.29 is 9.18 Å². The van der Waals surface area contributed by atoms with Gasteiger partial charge in [-0.2, -0.15) is 0 Å². The lowest BCUT2D eigenvalue weighted by molar-refractivity contribution is 0.0783. The molecule has 0 aliphatic rings. The summed E-state index contributed by atoms with van der Waals surface area (Å²) in [6, 6.07) is 13.9. The van der Waals surface area contributed by atoms with Gasteiger partial charge in [-0.25, -0.2) is 4.39 Å². The Bertz CT molecular complexity index is 628. The van der Waals surface area contributed by atoms with Crippen molar-refractivity contribution in [3.63, 3.8) is 0 Å². The van der Waals surface area contributed by atoms with Crippen molar-refractivity contribution >= 4 is 5.91 Å². The molecule has 110 valence electrons. The van der Waals surface area contributed by atoms with Gasteiger partial charge in [-0.15, -0.1) is 0 Å². The van der Waals surface area contributed by atoms with Crippen LogP contribution in [0.25, 0.3) is 0 Å². The standard InChI is InChI=1S/C17H19FN2O/c1-20(12-14-7-3-5-9-16(14)18)17(21)15-8-4-2-6-13(15)10-11-19/h2-9H,10-12,19H2,1H3. The topological polar surface area (TPSA) is 46.3 Å². The Hall–Kier alpha value is -2.20. The minimum absolute atomic E-state index is 0.123. The molecule has 2 aromatic rings. The van der Waals surface area contributed by atoms with E-state index in [4.69, 9.17) is 5.73 Å². The van der Waals surface area contributed by atoms with Gasteiger partial charge in [0.15, 0.2) is 0 Å². The second-order valence-electron chi connectivity index (χ2n) is 4.95. The number of rotatable bonds is 5.